The first-order chi connectivity index (χ1) is 8.54. The SMILES string of the molecule is CNCC(=O)c1cc(OC)c(OC)cc1C(C)C. The van der Waals surface area contributed by atoms with Gasteiger partial charge in [0.25, 0.3) is 0 Å². The van der Waals surface area contributed by atoms with Gasteiger partial charge in [0.05, 0.1) is 20.8 Å². The van der Waals surface area contributed by atoms with Gasteiger partial charge in [-0.25, -0.2) is 0 Å². The summed E-state index contributed by atoms with van der Waals surface area (Å²) in [5.74, 6) is 1.55. The highest BCUT2D eigenvalue weighted by atomic mass is 16.5. The van der Waals surface area contributed by atoms with Gasteiger partial charge in [0.2, 0.25) is 0 Å². The fourth-order valence-electron chi connectivity index (χ4n) is 1.87. The molecule has 0 aliphatic carbocycles. The summed E-state index contributed by atoms with van der Waals surface area (Å²) in [5.41, 5.74) is 1.67. The number of rotatable bonds is 6. The van der Waals surface area contributed by atoms with Crippen LogP contribution in [-0.2, 0) is 0 Å². The Hall–Kier alpha value is -1.55. The molecule has 0 aromatic heterocycles. The molecule has 0 heterocycles. The second-order valence-corrected chi connectivity index (χ2v) is 4.40. The molecule has 1 N–H and O–H groups in total. The average Bonchev–Trinajstić information content (AvgIpc) is 2.37. The summed E-state index contributed by atoms with van der Waals surface area (Å²) in [6.07, 6.45) is 0. The van der Waals surface area contributed by atoms with Crippen molar-refractivity contribution in [3.8, 4) is 11.5 Å². The zero-order valence-corrected chi connectivity index (χ0v) is 11.7. The Kier molecular flexibility index (Phi) is 5.16. The molecule has 0 radical (unpaired) electrons. The third kappa shape index (κ3) is 3.01. The smallest absolute Gasteiger partial charge is 0.177 e. The molecular formula is C14H21NO3. The maximum atomic E-state index is 12.1. The van der Waals surface area contributed by atoms with Crippen molar-refractivity contribution in [3.05, 3.63) is 23.3 Å². The maximum absolute atomic E-state index is 12.1. The molecule has 0 atom stereocenters. The van der Waals surface area contributed by atoms with E-state index in [0.29, 0.717) is 23.6 Å². The summed E-state index contributed by atoms with van der Waals surface area (Å²) in [6.45, 7) is 4.42. The molecule has 0 fully saturated rings. The van der Waals surface area contributed by atoms with Crippen LogP contribution >= 0.6 is 0 Å². The normalized spacial score (nSPS) is 10.6. The van der Waals surface area contributed by atoms with E-state index in [-0.39, 0.29) is 11.7 Å². The Morgan fingerprint density at radius 2 is 1.78 bits per heavy atom. The molecule has 1 aromatic rings. The van der Waals surface area contributed by atoms with Crippen molar-refractivity contribution in [1.82, 2.24) is 5.32 Å². The summed E-state index contributed by atoms with van der Waals surface area (Å²) in [5, 5.41) is 2.88. The highest BCUT2D eigenvalue weighted by Gasteiger charge is 2.18. The first-order valence-corrected chi connectivity index (χ1v) is 5.98. The van der Waals surface area contributed by atoms with Crippen LogP contribution in [-0.4, -0.2) is 33.6 Å². The maximum Gasteiger partial charge on any atom is 0.177 e. The molecule has 4 nitrogen and oxygen atoms in total. The molecule has 100 valence electrons. The predicted molar refractivity (Wildman–Crippen MR) is 71.9 cm³/mol. The van der Waals surface area contributed by atoms with Gasteiger partial charge in [-0.3, -0.25) is 4.79 Å². The van der Waals surface area contributed by atoms with E-state index in [1.807, 2.05) is 6.07 Å². The molecule has 0 aliphatic heterocycles. The van der Waals surface area contributed by atoms with Crippen LogP contribution in [0.2, 0.25) is 0 Å². The highest BCUT2D eigenvalue weighted by molar-refractivity contribution is 5.99. The average molecular weight is 251 g/mol. The van der Waals surface area contributed by atoms with Gasteiger partial charge < -0.3 is 14.8 Å². The molecule has 0 spiro atoms. The standard InChI is InChI=1S/C14H21NO3/c1-9(2)10-6-13(17-4)14(18-5)7-11(10)12(16)8-15-3/h6-7,9,15H,8H2,1-5H3. The van der Waals surface area contributed by atoms with Crippen molar-refractivity contribution < 1.29 is 14.3 Å². The van der Waals surface area contributed by atoms with Crippen LogP contribution in [0.5, 0.6) is 11.5 Å². The first kappa shape index (κ1) is 14.5. The first-order valence-electron chi connectivity index (χ1n) is 5.98. The Morgan fingerprint density at radius 3 is 2.22 bits per heavy atom. The van der Waals surface area contributed by atoms with Crippen molar-refractivity contribution >= 4 is 5.78 Å². The van der Waals surface area contributed by atoms with E-state index in [1.54, 1.807) is 27.3 Å². The monoisotopic (exact) mass is 251 g/mol. The van der Waals surface area contributed by atoms with Gasteiger partial charge in [-0.1, -0.05) is 13.8 Å². The minimum Gasteiger partial charge on any atom is -0.493 e. The largest absolute Gasteiger partial charge is 0.493 e. The van der Waals surface area contributed by atoms with E-state index in [9.17, 15) is 4.79 Å². The molecule has 0 bridgehead atoms. The zero-order valence-electron chi connectivity index (χ0n) is 11.7. The number of ketones is 1. The second-order valence-electron chi connectivity index (χ2n) is 4.40. The van der Waals surface area contributed by atoms with Crippen LogP contribution in [0.3, 0.4) is 0 Å². The van der Waals surface area contributed by atoms with Crippen molar-refractivity contribution in [2.75, 3.05) is 27.8 Å². The molecule has 0 aliphatic rings. The topological polar surface area (TPSA) is 47.6 Å². The van der Waals surface area contributed by atoms with Crippen molar-refractivity contribution in [2.24, 2.45) is 0 Å². The van der Waals surface area contributed by atoms with E-state index in [0.717, 1.165) is 5.56 Å². The predicted octanol–water partition coefficient (Wildman–Crippen LogP) is 2.23. The number of carbonyl (C=O) groups excluding carboxylic acids is 1. The van der Waals surface area contributed by atoms with E-state index in [4.69, 9.17) is 9.47 Å². The minimum absolute atomic E-state index is 0.0575. The molecule has 1 aromatic carbocycles. The number of hydrogen-bond donors (Lipinski definition) is 1. The summed E-state index contributed by atoms with van der Waals surface area (Å²) in [7, 11) is 4.92. The lowest BCUT2D eigenvalue weighted by Crippen LogP contribution is -2.20. The van der Waals surface area contributed by atoms with E-state index in [2.05, 4.69) is 19.2 Å². The number of ether oxygens (including phenoxy) is 2. The third-order valence-electron chi connectivity index (χ3n) is 2.82. The van der Waals surface area contributed by atoms with Gasteiger partial charge in [0, 0.05) is 5.56 Å². The summed E-state index contributed by atoms with van der Waals surface area (Å²) < 4.78 is 10.5. The second kappa shape index (κ2) is 6.40. The van der Waals surface area contributed by atoms with E-state index in [1.165, 1.54) is 0 Å². The van der Waals surface area contributed by atoms with Crippen molar-refractivity contribution in [3.63, 3.8) is 0 Å². The number of benzene rings is 1. The molecule has 0 saturated heterocycles. The number of Topliss-reactive ketones (excluding diaryl/α,β-unsaturated/α-hetero) is 1. The molecule has 0 unspecified atom stereocenters. The van der Waals surface area contributed by atoms with Crippen molar-refractivity contribution in [2.45, 2.75) is 19.8 Å². The summed E-state index contributed by atoms with van der Waals surface area (Å²) >= 11 is 0. The number of methoxy groups -OCH3 is 2. The summed E-state index contributed by atoms with van der Waals surface area (Å²) in [4.78, 5) is 12.1. The lowest BCUT2D eigenvalue weighted by Gasteiger charge is -2.16. The van der Waals surface area contributed by atoms with Crippen LogP contribution in [0, 0.1) is 0 Å². The van der Waals surface area contributed by atoms with Crippen LogP contribution in [0.4, 0.5) is 0 Å². The van der Waals surface area contributed by atoms with Crippen LogP contribution in [0.25, 0.3) is 0 Å². The summed E-state index contributed by atoms with van der Waals surface area (Å²) in [6, 6.07) is 3.64. The van der Waals surface area contributed by atoms with Gasteiger partial charge in [0.15, 0.2) is 17.3 Å². The van der Waals surface area contributed by atoms with Gasteiger partial charge in [-0.15, -0.1) is 0 Å². The molecule has 0 amide bonds. The molecule has 18 heavy (non-hydrogen) atoms. The van der Waals surface area contributed by atoms with Crippen molar-refractivity contribution in [1.29, 1.82) is 0 Å². The Bertz CT molecular complexity index is 427. The van der Waals surface area contributed by atoms with Crippen LogP contribution in [0.1, 0.15) is 35.7 Å². The zero-order chi connectivity index (χ0) is 13.7. The van der Waals surface area contributed by atoms with Crippen LogP contribution < -0.4 is 14.8 Å². The van der Waals surface area contributed by atoms with Gasteiger partial charge in [-0.05, 0) is 30.7 Å². The van der Waals surface area contributed by atoms with Gasteiger partial charge >= 0.3 is 0 Å². The number of likely N-dealkylation sites (N-methyl/N-ethyl adjacent to an activating group) is 1. The fourth-order valence-corrected chi connectivity index (χ4v) is 1.87. The number of carbonyl (C=O) groups is 1. The number of nitrogens with one attached hydrogen (secondary N) is 1. The fraction of sp³-hybridized carbons (Fsp3) is 0.500. The minimum atomic E-state index is 0.0575. The quantitative estimate of drug-likeness (QED) is 0.788. The Labute approximate surface area is 108 Å². The van der Waals surface area contributed by atoms with E-state index < -0.39 is 0 Å². The highest BCUT2D eigenvalue weighted by Crippen LogP contribution is 2.33. The molecule has 4 heteroatoms. The molecular weight excluding hydrogens is 230 g/mol. The van der Waals surface area contributed by atoms with Crippen LogP contribution in [0.15, 0.2) is 12.1 Å². The lowest BCUT2D eigenvalue weighted by molar-refractivity contribution is 0.0992. The third-order valence-corrected chi connectivity index (χ3v) is 2.82. The number of hydrogen-bond acceptors (Lipinski definition) is 4. The lowest BCUT2D eigenvalue weighted by atomic mass is 9.94. The molecule has 1 rings (SSSR count). The van der Waals surface area contributed by atoms with Gasteiger partial charge in [-0.2, -0.15) is 0 Å². The Morgan fingerprint density at radius 1 is 1.22 bits per heavy atom. The van der Waals surface area contributed by atoms with E-state index >= 15 is 0 Å². The Balaban J connectivity index is 3.33. The molecule has 0 saturated carbocycles. The van der Waals surface area contributed by atoms with Gasteiger partial charge in [0.1, 0.15) is 0 Å².